The molecule has 232 valence electrons. The fourth-order valence-corrected chi connectivity index (χ4v) is 8.07. The van der Waals surface area contributed by atoms with Crippen molar-refractivity contribution in [2.45, 2.75) is 0 Å². The van der Waals surface area contributed by atoms with E-state index >= 15 is 0 Å². The third kappa shape index (κ3) is 3.81. The van der Waals surface area contributed by atoms with E-state index in [0.717, 1.165) is 83.6 Å². The van der Waals surface area contributed by atoms with Crippen molar-refractivity contribution in [3.63, 3.8) is 0 Å². The standard InChI is InChI=1S/C46H27N3O/c1-2-15-31-30(14-1)32-16-3-5-18-34(32)45-46(35-19-6-4-17-33(31)35)48-38(27-47-45)28-12-11-13-29(26-28)49-39-22-9-7-20-36(39)43-40(49)24-25-42-44(43)37-21-8-10-23-41(37)50-42/h1-27H. The Morgan fingerprint density at radius 3 is 1.82 bits per heavy atom. The molecule has 0 fully saturated rings. The van der Waals surface area contributed by atoms with Crippen LogP contribution in [0.3, 0.4) is 0 Å². The van der Waals surface area contributed by atoms with E-state index < -0.39 is 0 Å². The summed E-state index contributed by atoms with van der Waals surface area (Å²) in [5, 5.41) is 4.67. The summed E-state index contributed by atoms with van der Waals surface area (Å²) in [6, 6.07) is 55.7. The largest absolute Gasteiger partial charge is 0.456 e. The predicted octanol–water partition coefficient (Wildman–Crippen LogP) is 12.1. The van der Waals surface area contributed by atoms with Crippen molar-refractivity contribution in [2.24, 2.45) is 0 Å². The third-order valence-electron chi connectivity index (χ3n) is 10.2. The molecule has 0 atom stereocenters. The minimum Gasteiger partial charge on any atom is -0.456 e. The molecule has 0 bridgehead atoms. The zero-order valence-corrected chi connectivity index (χ0v) is 26.8. The zero-order valence-electron chi connectivity index (χ0n) is 26.8. The van der Waals surface area contributed by atoms with Gasteiger partial charge < -0.3 is 8.98 Å². The number of furan rings is 1. The topological polar surface area (TPSA) is 43.9 Å². The highest BCUT2D eigenvalue weighted by molar-refractivity contribution is 6.27. The van der Waals surface area contributed by atoms with Crippen molar-refractivity contribution < 1.29 is 4.42 Å². The van der Waals surface area contributed by atoms with Crippen molar-refractivity contribution in [1.29, 1.82) is 0 Å². The predicted molar refractivity (Wildman–Crippen MR) is 204 cm³/mol. The lowest BCUT2D eigenvalue weighted by atomic mass is 9.84. The molecule has 4 heteroatoms. The summed E-state index contributed by atoms with van der Waals surface area (Å²) >= 11 is 0. The van der Waals surface area contributed by atoms with Gasteiger partial charge in [0.2, 0.25) is 0 Å². The monoisotopic (exact) mass is 637 g/mol. The van der Waals surface area contributed by atoms with Crippen LogP contribution in [-0.4, -0.2) is 14.5 Å². The average molecular weight is 638 g/mol. The molecular weight excluding hydrogens is 611 g/mol. The number of benzene rings is 7. The van der Waals surface area contributed by atoms with E-state index in [1.165, 1.54) is 21.9 Å². The van der Waals surface area contributed by atoms with Gasteiger partial charge in [-0.2, -0.15) is 0 Å². The number of hydrogen-bond donors (Lipinski definition) is 0. The van der Waals surface area contributed by atoms with Crippen LogP contribution in [0.1, 0.15) is 0 Å². The molecule has 0 saturated carbocycles. The minimum absolute atomic E-state index is 0.829. The second-order valence-corrected chi connectivity index (χ2v) is 12.9. The number of hydrogen-bond acceptors (Lipinski definition) is 3. The number of para-hydroxylation sites is 2. The number of fused-ring (bicyclic) bond motifs is 15. The van der Waals surface area contributed by atoms with Crippen LogP contribution in [0.4, 0.5) is 0 Å². The molecule has 7 aromatic carbocycles. The van der Waals surface area contributed by atoms with Crippen LogP contribution in [0.15, 0.2) is 168 Å². The number of aromatic nitrogens is 3. The highest BCUT2D eigenvalue weighted by Crippen LogP contribution is 2.47. The molecule has 0 amide bonds. The molecular formula is C46H27N3O. The lowest BCUT2D eigenvalue weighted by molar-refractivity contribution is 0.669. The summed E-state index contributed by atoms with van der Waals surface area (Å²) in [6.45, 7) is 0. The molecule has 11 rings (SSSR count). The Labute approximate surface area is 287 Å². The van der Waals surface area contributed by atoms with Crippen LogP contribution in [0.2, 0.25) is 0 Å². The Bertz CT molecular complexity index is 3000. The first-order chi connectivity index (χ1) is 24.8. The SMILES string of the molecule is c1cc(-c2cnc3c(n2)-c2ccccc2-c2ccccc2-c2ccccc2-3)cc(-n2c3ccccc3c3c4c(ccc32)oc2ccccc24)c1. The van der Waals surface area contributed by atoms with Gasteiger partial charge in [-0.3, -0.25) is 4.98 Å². The molecule has 3 heterocycles. The summed E-state index contributed by atoms with van der Waals surface area (Å²) in [6.07, 6.45) is 1.93. The minimum atomic E-state index is 0.829. The quantitative estimate of drug-likeness (QED) is 0.189. The average Bonchev–Trinajstić information content (AvgIpc) is 3.73. The molecule has 4 nitrogen and oxygen atoms in total. The van der Waals surface area contributed by atoms with Gasteiger partial charge in [0.25, 0.3) is 0 Å². The maximum atomic E-state index is 6.31. The highest BCUT2D eigenvalue weighted by atomic mass is 16.3. The van der Waals surface area contributed by atoms with Gasteiger partial charge in [-0.05, 0) is 58.7 Å². The van der Waals surface area contributed by atoms with Crippen molar-refractivity contribution >= 4 is 43.7 Å². The molecule has 50 heavy (non-hydrogen) atoms. The van der Waals surface area contributed by atoms with Crippen molar-refractivity contribution in [3.8, 4) is 61.7 Å². The van der Waals surface area contributed by atoms with Gasteiger partial charge >= 0.3 is 0 Å². The van der Waals surface area contributed by atoms with Gasteiger partial charge in [-0.1, -0.05) is 121 Å². The first-order valence-corrected chi connectivity index (χ1v) is 16.9. The fraction of sp³-hybridized carbons (Fsp3) is 0. The first kappa shape index (κ1) is 27.2. The molecule has 10 aromatic rings. The summed E-state index contributed by atoms with van der Waals surface area (Å²) in [5.74, 6) is 0. The summed E-state index contributed by atoms with van der Waals surface area (Å²) < 4.78 is 8.67. The molecule has 3 aromatic heterocycles. The summed E-state index contributed by atoms with van der Waals surface area (Å²) in [5.41, 5.74) is 15.6. The van der Waals surface area contributed by atoms with Crippen LogP contribution in [0.25, 0.3) is 105 Å². The van der Waals surface area contributed by atoms with Crippen LogP contribution in [0, 0.1) is 0 Å². The van der Waals surface area contributed by atoms with Crippen LogP contribution >= 0.6 is 0 Å². The van der Waals surface area contributed by atoms with E-state index in [9.17, 15) is 0 Å². The Hall–Kier alpha value is -6.78. The second-order valence-electron chi connectivity index (χ2n) is 12.9. The van der Waals surface area contributed by atoms with Crippen LogP contribution < -0.4 is 0 Å². The number of nitrogens with zero attached hydrogens (tertiary/aromatic N) is 3. The summed E-state index contributed by atoms with van der Waals surface area (Å²) in [7, 11) is 0. The first-order valence-electron chi connectivity index (χ1n) is 16.9. The molecule has 0 unspecified atom stereocenters. The maximum Gasteiger partial charge on any atom is 0.136 e. The molecule has 0 spiro atoms. The molecule has 1 aliphatic rings. The van der Waals surface area contributed by atoms with Crippen LogP contribution in [0.5, 0.6) is 0 Å². The molecule has 0 radical (unpaired) electrons. The van der Waals surface area contributed by atoms with Crippen LogP contribution in [-0.2, 0) is 0 Å². The van der Waals surface area contributed by atoms with E-state index in [1.807, 2.05) is 18.3 Å². The number of rotatable bonds is 2. The van der Waals surface area contributed by atoms with Gasteiger partial charge in [0.15, 0.2) is 0 Å². The Morgan fingerprint density at radius 2 is 1.06 bits per heavy atom. The van der Waals surface area contributed by atoms with E-state index in [4.69, 9.17) is 14.4 Å². The van der Waals surface area contributed by atoms with Crippen molar-refractivity contribution in [3.05, 3.63) is 164 Å². The van der Waals surface area contributed by atoms with E-state index in [1.54, 1.807) is 0 Å². The lowest BCUT2D eigenvalue weighted by Crippen LogP contribution is -2.02. The van der Waals surface area contributed by atoms with Gasteiger partial charge in [0.1, 0.15) is 11.2 Å². The maximum absolute atomic E-state index is 6.31. The smallest absolute Gasteiger partial charge is 0.136 e. The van der Waals surface area contributed by atoms with Crippen molar-refractivity contribution in [1.82, 2.24) is 14.5 Å². The summed E-state index contributed by atoms with van der Waals surface area (Å²) in [4.78, 5) is 10.6. The van der Waals surface area contributed by atoms with E-state index in [2.05, 4.69) is 150 Å². The van der Waals surface area contributed by atoms with Gasteiger partial charge in [0, 0.05) is 43.9 Å². The molecule has 0 aliphatic heterocycles. The lowest BCUT2D eigenvalue weighted by Gasteiger charge is -2.22. The van der Waals surface area contributed by atoms with E-state index in [-0.39, 0.29) is 0 Å². The Kier molecular flexibility index (Phi) is 5.63. The zero-order chi connectivity index (χ0) is 32.8. The van der Waals surface area contributed by atoms with Gasteiger partial charge in [0.05, 0.1) is 34.3 Å². The molecule has 0 N–H and O–H groups in total. The fourth-order valence-electron chi connectivity index (χ4n) is 8.07. The normalized spacial score (nSPS) is 12.0. The van der Waals surface area contributed by atoms with Crippen molar-refractivity contribution in [2.75, 3.05) is 0 Å². The Morgan fingerprint density at radius 1 is 0.440 bits per heavy atom. The molecule has 0 saturated heterocycles. The third-order valence-corrected chi connectivity index (χ3v) is 10.2. The van der Waals surface area contributed by atoms with E-state index in [0.29, 0.717) is 0 Å². The molecule has 1 aliphatic carbocycles. The second kappa shape index (κ2) is 10.4. The Balaban J connectivity index is 1.14. The highest BCUT2D eigenvalue weighted by Gasteiger charge is 2.24. The van der Waals surface area contributed by atoms with Gasteiger partial charge in [-0.25, -0.2) is 4.98 Å². The van der Waals surface area contributed by atoms with Gasteiger partial charge in [-0.15, -0.1) is 0 Å².